The van der Waals surface area contributed by atoms with E-state index in [1.54, 1.807) is 13.0 Å². The first-order valence-corrected chi connectivity index (χ1v) is 6.21. The lowest BCUT2D eigenvalue weighted by Gasteiger charge is -2.16. The van der Waals surface area contributed by atoms with E-state index in [2.05, 4.69) is 0 Å². The number of aryl methyl sites for hydroxylation is 1. The van der Waals surface area contributed by atoms with Crippen LogP contribution in [0.25, 0.3) is 0 Å². The van der Waals surface area contributed by atoms with Crippen LogP contribution in [0.3, 0.4) is 0 Å². The predicted molar refractivity (Wildman–Crippen MR) is 70.3 cm³/mol. The molecule has 18 heavy (non-hydrogen) atoms. The minimum absolute atomic E-state index is 0.177. The molecule has 3 nitrogen and oxygen atoms in total. The lowest BCUT2D eigenvalue weighted by atomic mass is 10.1. The fourth-order valence-electron chi connectivity index (χ4n) is 1.59. The second-order valence-corrected chi connectivity index (χ2v) is 4.70. The lowest BCUT2D eigenvalue weighted by Crippen LogP contribution is -2.14. The summed E-state index contributed by atoms with van der Waals surface area (Å²) in [5.74, 6) is 0.379. The van der Waals surface area contributed by atoms with Crippen LogP contribution in [0.1, 0.15) is 37.9 Å². The van der Waals surface area contributed by atoms with Gasteiger partial charge in [-0.05, 0) is 45.4 Å². The van der Waals surface area contributed by atoms with Gasteiger partial charge >= 0.3 is 0 Å². The zero-order valence-corrected chi connectivity index (χ0v) is 11.5. The van der Waals surface area contributed by atoms with Crippen molar-refractivity contribution in [2.75, 3.05) is 13.2 Å². The maximum atomic E-state index is 13.5. The van der Waals surface area contributed by atoms with Gasteiger partial charge in [0.15, 0.2) is 0 Å². The zero-order chi connectivity index (χ0) is 13.7. The molecule has 0 aliphatic heterocycles. The molecule has 0 unspecified atom stereocenters. The summed E-state index contributed by atoms with van der Waals surface area (Å²) in [7, 11) is 0. The van der Waals surface area contributed by atoms with Crippen molar-refractivity contribution in [3.63, 3.8) is 0 Å². The highest BCUT2D eigenvalue weighted by atomic mass is 19.1. The van der Waals surface area contributed by atoms with E-state index in [1.165, 1.54) is 6.07 Å². The molecule has 1 rings (SSSR count). The second kappa shape index (κ2) is 6.71. The molecule has 0 saturated heterocycles. The fourth-order valence-corrected chi connectivity index (χ4v) is 1.59. The van der Waals surface area contributed by atoms with Crippen molar-refractivity contribution in [1.82, 2.24) is 0 Å². The van der Waals surface area contributed by atoms with Crippen molar-refractivity contribution >= 4 is 0 Å². The quantitative estimate of drug-likeness (QED) is 0.795. The van der Waals surface area contributed by atoms with Gasteiger partial charge in [0.25, 0.3) is 0 Å². The molecule has 1 aromatic rings. The van der Waals surface area contributed by atoms with Crippen molar-refractivity contribution in [3.05, 3.63) is 29.1 Å². The molecule has 0 heterocycles. The molecule has 0 aliphatic rings. The summed E-state index contributed by atoms with van der Waals surface area (Å²) in [5, 5.41) is 0. The van der Waals surface area contributed by atoms with Crippen LogP contribution in [0.15, 0.2) is 12.1 Å². The lowest BCUT2D eigenvalue weighted by molar-refractivity contribution is 0.0549. The Morgan fingerprint density at radius 3 is 2.44 bits per heavy atom. The topological polar surface area (TPSA) is 44.5 Å². The van der Waals surface area contributed by atoms with Crippen LogP contribution in [0, 0.1) is 12.7 Å². The smallest absolute Gasteiger partial charge is 0.126 e. The number of hydrogen-bond acceptors (Lipinski definition) is 3. The van der Waals surface area contributed by atoms with Gasteiger partial charge in [-0.2, -0.15) is 0 Å². The van der Waals surface area contributed by atoms with Crippen LogP contribution in [-0.4, -0.2) is 19.3 Å². The summed E-state index contributed by atoms with van der Waals surface area (Å²) < 4.78 is 24.5. The van der Waals surface area contributed by atoms with Crippen LogP contribution in [0.2, 0.25) is 0 Å². The Morgan fingerprint density at radius 2 is 1.89 bits per heavy atom. The molecule has 0 bridgehead atoms. The van der Waals surface area contributed by atoms with Gasteiger partial charge in [0.05, 0.1) is 12.7 Å². The van der Waals surface area contributed by atoms with Gasteiger partial charge in [0.1, 0.15) is 18.2 Å². The van der Waals surface area contributed by atoms with E-state index in [0.29, 0.717) is 30.1 Å². The molecule has 0 aromatic heterocycles. The minimum atomic E-state index is -0.263. The Bertz CT molecular complexity index is 392. The van der Waals surface area contributed by atoms with Crippen LogP contribution in [-0.2, 0) is 4.74 Å². The predicted octanol–water partition coefficient (Wildman–Crippen LogP) is 2.96. The number of benzene rings is 1. The zero-order valence-electron chi connectivity index (χ0n) is 11.5. The van der Waals surface area contributed by atoms with Gasteiger partial charge in [0, 0.05) is 11.6 Å². The maximum Gasteiger partial charge on any atom is 0.126 e. The van der Waals surface area contributed by atoms with E-state index in [9.17, 15) is 4.39 Å². The second-order valence-electron chi connectivity index (χ2n) is 4.70. The van der Waals surface area contributed by atoms with Crippen LogP contribution in [0.4, 0.5) is 4.39 Å². The molecule has 0 saturated carbocycles. The van der Waals surface area contributed by atoms with Gasteiger partial charge in [-0.3, -0.25) is 0 Å². The summed E-state index contributed by atoms with van der Waals surface area (Å²) in [4.78, 5) is 0. The highest BCUT2D eigenvalue weighted by Crippen LogP contribution is 2.27. The summed E-state index contributed by atoms with van der Waals surface area (Å²) in [6.45, 7) is 8.39. The molecule has 2 N–H and O–H groups in total. The van der Waals surface area contributed by atoms with E-state index >= 15 is 0 Å². The molecule has 0 spiro atoms. The molecule has 1 aromatic carbocycles. The number of nitrogens with two attached hydrogens (primary N) is 1. The highest BCUT2D eigenvalue weighted by Gasteiger charge is 2.12. The van der Waals surface area contributed by atoms with Crippen molar-refractivity contribution < 1.29 is 13.9 Å². The molecule has 1 atom stereocenters. The largest absolute Gasteiger partial charge is 0.491 e. The van der Waals surface area contributed by atoms with Gasteiger partial charge in [0.2, 0.25) is 0 Å². The third-order valence-electron chi connectivity index (χ3n) is 2.57. The Labute approximate surface area is 108 Å². The highest BCUT2D eigenvalue weighted by molar-refractivity contribution is 5.39. The molecule has 0 radical (unpaired) electrons. The van der Waals surface area contributed by atoms with Gasteiger partial charge < -0.3 is 15.2 Å². The van der Waals surface area contributed by atoms with Gasteiger partial charge in [-0.25, -0.2) is 4.39 Å². The standard InChI is InChI=1S/C14H22FNO2/c1-9(2)17-5-6-18-14-7-10(3)13(15)8-12(14)11(4)16/h7-9,11H,5-6,16H2,1-4H3/t11-/m0/s1. The first-order chi connectivity index (χ1) is 8.41. The third-order valence-corrected chi connectivity index (χ3v) is 2.57. The minimum Gasteiger partial charge on any atom is -0.491 e. The average Bonchev–Trinajstić information content (AvgIpc) is 2.28. The molecule has 0 amide bonds. The van der Waals surface area contributed by atoms with Gasteiger partial charge in [-0.1, -0.05) is 0 Å². The average molecular weight is 255 g/mol. The number of rotatable bonds is 6. The Kier molecular flexibility index (Phi) is 5.56. The SMILES string of the molecule is Cc1cc(OCCOC(C)C)c([C@H](C)N)cc1F. The monoisotopic (exact) mass is 255 g/mol. The van der Waals surface area contributed by atoms with Crippen molar-refractivity contribution in [2.45, 2.75) is 39.8 Å². The molecule has 0 aliphatic carbocycles. The van der Waals surface area contributed by atoms with Crippen LogP contribution in [0.5, 0.6) is 5.75 Å². The summed E-state index contributed by atoms with van der Waals surface area (Å²) in [6.07, 6.45) is 0.177. The van der Waals surface area contributed by atoms with E-state index in [4.69, 9.17) is 15.2 Å². The molecular formula is C14H22FNO2. The van der Waals surface area contributed by atoms with E-state index in [1.807, 2.05) is 20.8 Å². The number of hydrogen-bond donors (Lipinski definition) is 1. The fraction of sp³-hybridized carbons (Fsp3) is 0.571. The van der Waals surface area contributed by atoms with Crippen molar-refractivity contribution in [3.8, 4) is 5.75 Å². The van der Waals surface area contributed by atoms with E-state index in [0.717, 1.165) is 0 Å². The molecule has 102 valence electrons. The Morgan fingerprint density at radius 1 is 1.22 bits per heavy atom. The van der Waals surface area contributed by atoms with E-state index < -0.39 is 0 Å². The summed E-state index contributed by atoms with van der Waals surface area (Å²) in [6, 6.07) is 2.86. The normalized spacial score (nSPS) is 12.8. The summed E-state index contributed by atoms with van der Waals surface area (Å²) >= 11 is 0. The third kappa shape index (κ3) is 4.27. The molecular weight excluding hydrogens is 233 g/mol. The first-order valence-electron chi connectivity index (χ1n) is 6.21. The maximum absolute atomic E-state index is 13.5. The Hall–Kier alpha value is -1.13. The van der Waals surface area contributed by atoms with Crippen molar-refractivity contribution in [2.24, 2.45) is 5.73 Å². The number of halogens is 1. The van der Waals surface area contributed by atoms with Crippen LogP contribution < -0.4 is 10.5 Å². The molecule has 4 heteroatoms. The van der Waals surface area contributed by atoms with Crippen molar-refractivity contribution in [1.29, 1.82) is 0 Å². The molecule has 0 fully saturated rings. The van der Waals surface area contributed by atoms with Gasteiger partial charge in [-0.15, -0.1) is 0 Å². The first kappa shape index (κ1) is 14.9. The Balaban J connectivity index is 2.71. The van der Waals surface area contributed by atoms with Crippen LogP contribution >= 0.6 is 0 Å². The number of ether oxygens (including phenoxy) is 2. The summed E-state index contributed by atoms with van der Waals surface area (Å²) in [5.41, 5.74) is 7.05. The van der Waals surface area contributed by atoms with E-state index in [-0.39, 0.29) is 18.0 Å².